The maximum absolute atomic E-state index is 13.8. The summed E-state index contributed by atoms with van der Waals surface area (Å²) in [7, 11) is 0. The molecule has 2 aromatic rings. The van der Waals surface area contributed by atoms with Crippen LogP contribution in [0.5, 0.6) is 0 Å². The van der Waals surface area contributed by atoms with Crippen molar-refractivity contribution in [2.75, 3.05) is 51.0 Å². The fourth-order valence-corrected chi connectivity index (χ4v) is 5.46. The number of Topliss-reactive ketones (excluding diaryl/α,β-unsaturated/α-hetero) is 1. The minimum absolute atomic E-state index is 0.0806. The molecule has 1 aliphatic heterocycles. The number of aliphatic hydroxyl groups excluding tert-OH is 3. The summed E-state index contributed by atoms with van der Waals surface area (Å²) in [6.07, 6.45) is -6.28. The average Bonchev–Trinajstić information content (AvgIpc) is 3.26. The van der Waals surface area contributed by atoms with Crippen molar-refractivity contribution in [3.63, 3.8) is 0 Å². The molecule has 0 bridgehead atoms. The largest absolute Gasteiger partial charge is 0.396 e. The van der Waals surface area contributed by atoms with E-state index < -0.39 is 106 Å². The molecular formula is C38H56N10O13. The fraction of sp³-hybridized carbons (Fsp3) is 0.447. The number of ether oxygens (including phenoxy) is 2. The molecule has 0 aromatic heterocycles. The van der Waals surface area contributed by atoms with Crippen LogP contribution in [0.1, 0.15) is 50.3 Å². The number of hydrogen-bond donors (Lipinski definition) is 13. The standard InChI is InChI=1S/C36H50N10O13.C2H6/c1-20(48)12-39-28(51)13-40-29(52)14-41-30(53)15-42-35(56)24(18-58-36(59-19-43-57)34(55)26(49)17-47)44-27(50)10-11-31(54)46-16-21-6-2-3-7-22(21)33(45-38)32(37)23-8-4-5-9-25(23)46;1-2/h2-9,24,26,34,36,43,45,47,49,55,57H,10-19,37-38H2,1H3,(H,39,51)(H,40,52)(H,41,53)(H,42,56)(H,44,50);1-2H3/b33-32-;/t24?,26-,34?,36?;/m1./s1. The fourth-order valence-electron chi connectivity index (χ4n) is 5.46. The van der Waals surface area contributed by atoms with Gasteiger partial charge in [0.25, 0.3) is 0 Å². The number of nitrogens with two attached hydrogens (primary N) is 2. The summed E-state index contributed by atoms with van der Waals surface area (Å²) in [5, 5.41) is 49.9. The third kappa shape index (κ3) is 16.5. The van der Waals surface area contributed by atoms with Gasteiger partial charge in [-0.2, -0.15) is 5.48 Å². The predicted molar refractivity (Wildman–Crippen MR) is 217 cm³/mol. The number of fused-ring (bicyclic) bond motifs is 2. The van der Waals surface area contributed by atoms with E-state index in [2.05, 4.69) is 32.0 Å². The van der Waals surface area contributed by atoms with Crippen LogP contribution in [0.2, 0.25) is 0 Å². The first-order chi connectivity index (χ1) is 29.2. The van der Waals surface area contributed by atoms with Crippen molar-refractivity contribution in [1.82, 2.24) is 37.5 Å². The number of ketones is 1. The number of hydroxylamine groups is 1. The minimum atomic E-state index is -1.91. The van der Waals surface area contributed by atoms with E-state index in [1.807, 2.05) is 13.8 Å². The molecule has 2 aromatic carbocycles. The molecule has 336 valence electrons. The summed E-state index contributed by atoms with van der Waals surface area (Å²) in [6, 6.07) is 12.4. The van der Waals surface area contributed by atoms with E-state index in [9.17, 15) is 48.9 Å². The van der Waals surface area contributed by atoms with Gasteiger partial charge in [0.05, 0.1) is 63.0 Å². The number of carbonyl (C=O) groups is 7. The number of para-hydroxylation sites is 1. The smallest absolute Gasteiger partial charge is 0.245 e. The van der Waals surface area contributed by atoms with Gasteiger partial charge < -0.3 is 72.6 Å². The first-order valence-electron chi connectivity index (χ1n) is 19.1. The zero-order chi connectivity index (χ0) is 45.5. The van der Waals surface area contributed by atoms with E-state index in [1.54, 1.807) is 54.0 Å². The maximum Gasteiger partial charge on any atom is 0.245 e. The molecule has 3 unspecified atom stereocenters. The summed E-state index contributed by atoms with van der Waals surface area (Å²) < 4.78 is 10.5. The molecule has 0 aliphatic carbocycles. The average molecular weight is 861 g/mol. The van der Waals surface area contributed by atoms with Gasteiger partial charge >= 0.3 is 0 Å². The van der Waals surface area contributed by atoms with Gasteiger partial charge in [-0.05, 0) is 18.6 Å². The summed E-state index contributed by atoms with van der Waals surface area (Å²) >= 11 is 0. The number of nitrogens with zero attached hydrogens (tertiary/aromatic N) is 1. The lowest BCUT2D eigenvalue weighted by Crippen LogP contribution is -2.53. The van der Waals surface area contributed by atoms with Gasteiger partial charge in [-0.1, -0.05) is 56.3 Å². The summed E-state index contributed by atoms with van der Waals surface area (Å²) in [4.78, 5) is 89.1. The molecule has 0 saturated carbocycles. The Balaban J connectivity index is 0.00000631. The second-order valence-electron chi connectivity index (χ2n) is 12.9. The van der Waals surface area contributed by atoms with Gasteiger partial charge in [-0.15, -0.1) is 0 Å². The van der Waals surface area contributed by atoms with E-state index in [1.165, 1.54) is 11.8 Å². The third-order valence-electron chi connectivity index (χ3n) is 8.48. The van der Waals surface area contributed by atoms with Gasteiger partial charge in [0.15, 0.2) is 6.29 Å². The van der Waals surface area contributed by atoms with Crippen molar-refractivity contribution < 1.29 is 63.6 Å². The van der Waals surface area contributed by atoms with E-state index in [-0.39, 0.29) is 31.0 Å². The highest BCUT2D eigenvalue weighted by atomic mass is 16.7. The monoisotopic (exact) mass is 860 g/mol. The van der Waals surface area contributed by atoms with Gasteiger partial charge in [0.1, 0.15) is 30.8 Å². The topological polar surface area (TPSA) is 358 Å². The van der Waals surface area contributed by atoms with Crippen LogP contribution in [0, 0.1) is 0 Å². The number of anilines is 1. The van der Waals surface area contributed by atoms with E-state index >= 15 is 0 Å². The maximum atomic E-state index is 13.8. The number of nitrogens with one attached hydrogen (secondary N) is 7. The zero-order valence-corrected chi connectivity index (χ0v) is 34.1. The molecule has 0 saturated heterocycles. The third-order valence-corrected chi connectivity index (χ3v) is 8.48. The molecule has 23 heteroatoms. The Labute approximate surface area is 351 Å². The van der Waals surface area contributed by atoms with Crippen molar-refractivity contribution in [3.8, 4) is 0 Å². The number of amides is 6. The molecule has 3 rings (SSSR count). The second-order valence-corrected chi connectivity index (χ2v) is 12.9. The van der Waals surface area contributed by atoms with Crippen molar-refractivity contribution >= 4 is 58.3 Å². The molecule has 4 atom stereocenters. The molecule has 1 aliphatic rings. The second kappa shape index (κ2) is 26.9. The lowest BCUT2D eigenvalue weighted by atomic mass is 9.96. The quantitative estimate of drug-likeness (QED) is 0.0289. The number of hydrogen-bond acceptors (Lipinski definition) is 17. The highest BCUT2D eigenvalue weighted by Gasteiger charge is 2.31. The number of benzene rings is 2. The van der Waals surface area contributed by atoms with Crippen LogP contribution in [-0.4, -0.2) is 132 Å². The van der Waals surface area contributed by atoms with Crippen LogP contribution in [-0.2, 0) is 49.6 Å². The molecular weight excluding hydrogens is 804 g/mol. The Kier molecular flexibility index (Phi) is 22.6. The first-order valence-corrected chi connectivity index (χ1v) is 19.1. The Hall–Kier alpha value is -6.05. The summed E-state index contributed by atoms with van der Waals surface area (Å²) in [5.41, 5.74) is 13.9. The normalized spacial score (nSPS) is 15.0. The molecule has 15 N–H and O–H groups in total. The highest BCUT2D eigenvalue weighted by Crippen LogP contribution is 2.34. The van der Waals surface area contributed by atoms with E-state index in [0.29, 0.717) is 28.1 Å². The zero-order valence-electron chi connectivity index (χ0n) is 34.1. The van der Waals surface area contributed by atoms with E-state index in [4.69, 9.17) is 26.3 Å². The van der Waals surface area contributed by atoms with Crippen molar-refractivity contribution in [3.05, 3.63) is 65.2 Å². The van der Waals surface area contributed by atoms with Crippen LogP contribution in [0.4, 0.5) is 5.69 Å². The number of aliphatic hydroxyl groups is 3. The lowest BCUT2D eigenvalue weighted by Gasteiger charge is -2.30. The Morgan fingerprint density at radius 3 is 1.95 bits per heavy atom. The lowest BCUT2D eigenvalue weighted by molar-refractivity contribution is -0.230. The number of carbonyl (C=O) groups excluding carboxylic acids is 7. The SMILES string of the molecule is CC.CC(=O)CNC(=O)CNC(=O)CNC(=O)CNC(=O)C(COC(OCNO)C(O)[C@H](O)CO)NC(=O)CCC(=O)N1Cc2ccccc2/C(NN)=C(/N)c2ccccc21. The molecule has 61 heavy (non-hydrogen) atoms. The van der Waals surface area contributed by atoms with Gasteiger partial charge in [-0.25, -0.2) is 0 Å². The van der Waals surface area contributed by atoms with Crippen LogP contribution < -0.4 is 54.0 Å². The van der Waals surface area contributed by atoms with Crippen molar-refractivity contribution in [1.29, 1.82) is 0 Å². The predicted octanol–water partition coefficient (Wildman–Crippen LogP) is -3.86. The van der Waals surface area contributed by atoms with E-state index in [0.717, 1.165) is 0 Å². The van der Waals surface area contributed by atoms with Crippen molar-refractivity contribution in [2.45, 2.75) is 64.7 Å². The summed E-state index contributed by atoms with van der Waals surface area (Å²) in [5.74, 6) is 0.976. The van der Waals surface area contributed by atoms with Gasteiger partial charge in [0, 0.05) is 24.0 Å². The number of hydrazine groups is 1. The molecule has 0 spiro atoms. The molecule has 6 amide bonds. The Morgan fingerprint density at radius 2 is 1.36 bits per heavy atom. The first kappa shape index (κ1) is 51.1. The molecule has 23 nitrogen and oxygen atoms in total. The highest BCUT2D eigenvalue weighted by molar-refractivity contribution is 6.02. The van der Waals surface area contributed by atoms with Crippen LogP contribution >= 0.6 is 0 Å². The Morgan fingerprint density at radius 1 is 0.787 bits per heavy atom. The van der Waals surface area contributed by atoms with Crippen LogP contribution in [0.25, 0.3) is 11.4 Å². The van der Waals surface area contributed by atoms with Gasteiger partial charge in [-0.3, -0.25) is 39.4 Å². The molecule has 0 fully saturated rings. The van der Waals surface area contributed by atoms with Crippen LogP contribution in [0.3, 0.4) is 0 Å². The molecule has 0 radical (unpaired) electrons. The van der Waals surface area contributed by atoms with Crippen LogP contribution in [0.15, 0.2) is 48.5 Å². The van der Waals surface area contributed by atoms with Crippen molar-refractivity contribution in [2.24, 2.45) is 11.6 Å². The number of rotatable bonds is 23. The minimum Gasteiger partial charge on any atom is -0.396 e. The van der Waals surface area contributed by atoms with Gasteiger partial charge in [0.2, 0.25) is 35.4 Å². The summed E-state index contributed by atoms with van der Waals surface area (Å²) in [6.45, 7) is 1.02. The molecule has 1 heterocycles. The Bertz CT molecular complexity index is 1850.